The van der Waals surface area contributed by atoms with Crippen molar-refractivity contribution in [2.24, 2.45) is 5.92 Å². The van der Waals surface area contributed by atoms with E-state index in [-0.39, 0.29) is 6.67 Å². The SMILES string of the molecule is CC(F)(F)C1CCN(CN2C(=O)C(=O)c3ccccc32)CC1. The van der Waals surface area contributed by atoms with Crippen molar-refractivity contribution in [3.63, 3.8) is 0 Å². The lowest BCUT2D eigenvalue weighted by Crippen LogP contribution is -2.46. The quantitative estimate of drug-likeness (QED) is 0.806. The highest BCUT2D eigenvalue weighted by Gasteiger charge is 2.39. The fourth-order valence-electron chi connectivity index (χ4n) is 3.17. The highest BCUT2D eigenvalue weighted by Crippen LogP contribution is 2.33. The molecule has 1 fully saturated rings. The van der Waals surface area contributed by atoms with E-state index in [0.29, 0.717) is 37.2 Å². The number of para-hydroxylation sites is 1. The highest BCUT2D eigenvalue weighted by atomic mass is 19.3. The fourth-order valence-corrected chi connectivity index (χ4v) is 3.17. The van der Waals surface area contributed by atoms with Gasteiger partial charge in [-0.3, -0.25) is 19.4 Å². The number of ketones is 1. The standard InChI is InChI=1S/C16H18F2N2O2/c1-16(17,18)11-6-8-19(9-7-11)10-20-13-5-3-2-4-12(13)14(21)15(20)22/h2-5,11H,6-10H2,1H3. The minimum atomic E-state index is -2.65. The van der Waals surface area contributed by atoms with Gasteiger partial charge >= 0.3 is 5.91 Å². The normalized spacial score (nSPS) is 20.6. The molecule has 0 N–H and O–H groups in total. The number of benzene rings is 1. The van der Waals surface area contributed by atoms with E-state index in [9.17, 15) is 18.4 Å². The van der Waals surface area contributed by atoms with Crippen molar-refractivity contribution in [1.29, 1.82) is 0 Å². The van der Waals surface area contributed by atoms with Gasteiger partial charge in [0.2, 0.25) is 5.92 Å². The Morgan fingerprint density at radius 1 is 1.18 bits per heavy atom. The molecule has 0 radical (unpaired) electrons. The summed E-state index contributed by atoms with van der Waals surface area (Å²) in [6.45, 7) is 2.26. The Morgan fingerprint density at radius 2 is 1.82 bits per heavy atom. The number of piperidine rings is 1. The summed E-state index contributed by atoms with van der Waals surface area (Å²) < 4.78 is 26.6. The van der Waals surface area contributed by atoms with Crippen LogP contribution in [0.3, 0.4) is 0 Å². The van der Waals surface area contributed by atoms with E-state index in [1.54, 1.807) is 24.3 Å². The van der Waals surface area contributed by atoms with Gasteiger partial charge in [0.25, 0.3) is 5.78 Å². The molecule has 4 nitrogen and oxygen atoms in total. The number of hydrogen-bond donors (Lipinski definition) is 0. The molecule has 0 unspecified atom stereocenters. The zero-order valence-electron chi connectivity index (χ0n) is 12.4. The molecule has 0 atom stereocenters. The molecule has 2 aliphatic heterocycles. The fraction of sp³-hybridized carbons (Fsp3) is 0.500. The van der Waals surface area contributed by atoms with E-state index in [1.165, 1.54) is 4.90 Å². The molecular weight excluding hydrogens is 290 g/mol. The first kappa shape index (κ1) is 15.1. The van der Waals surface area contributed by atoms with E-state index in [1.807, 2.05) is 4.90 Å². The van der Waals surface area contributed by atoms with Crippen LogP contribution < -0.4 is 4.90 Å². The number of alkyl halides is 2. The van der Waals surface area contributed by atoms with Crippen LogP contribution in [0.15, 0.2) is 24.3 Å². The summed E-state index contributed by atoms with van der Waals surface area (Å²) in [4.78, 5) is 27.4. The number of hydrogen-bond acceptors (Lipinski definition) is 3. The Bertz CT molecular complexity index is 604. The summed E-state index contributed by atoms with van der Waals surface area (Å²) in [7, 11) is 0. The number of Topliss-reactive ketones (excluding diaryl/α,β-unsaturated/α-hetero) is 1. The van der Waals surface area contributed by atoms with Gasteiger partial charge < -0.3 is 0 Å². The van der Waals surface area contributed by atoms with Crippen molar-refractivity contribution < 1.29 is 18.4 Å². The number of halogens is 2. The molecular formula is C16H18F2N2O2. The number of rotatable bonds is 3. The van der Waals surface area contributed by atoms with Crippen LogP contribution in [0.5, 0.6) is 0 Å². The lowest BCUT2D eigenvalue weighted by molar-refractivity contribution is -0.115. The van der Waals surface area contributed by atoms with Gasteiger partial charge in [-0.15, -0.1) is 0 Å². The largest absolute Gasteiger partial charge is 0.300 e. The number of amides is 1. The van der Waals surface area contributed by atoms with Gasteiger partial charge in [-0.2, -0.15) is 0 Å². The minimum absolute atomic E-state index is 0.281. The summed E-state index contributed by atoms with van der Waals surface area (Å²) in [5, 5.41) is 0. The van der Waals surface area contributed by atoms with Crippen LogP contribution in [-0.4, -0.2) is 42.3 Å². The van der Waals surface area contributed by atoms with Crippen LogP contribution in [0.1, 0.15) is 30.1 Å². The van der Waals surface area contributed by atoms with Gasteiger partial charge in [-0.1, -0.05) is 12.1 Å². The molecule has 0 bridgehead atoms. The maximum absolute atomic E-state index is 13.3. The number of carbonyl (C=O) groups excluding carboxylic acids is 2. The van der Waals surface area contributed by atoms with Crippen LogP contribution in [0.4, 0.5) is 14.5 Å². The van der Waals surface area contributed by atoms with Crippen LogP contribution in [0.2, 0.25) is 0 Å². The third-order valence-electron chi connectivity index (χ3n) is 4.52. The van der Waals surface area contributed by atoms with Crippen molar-refractivity contribution in [2.45, 2.75) is 25.7 Å². The lowest BCUT2D eigenvalue weighted by Gasteiger charge is -2.36. The molecule has 3 rings (SSSR count). The molecule has 1 saturated heterocycles. The summed E-state index contributed by atoms with van der Waals surface area (Å²) in [5.74, 6) is -4.29. The molecule has 0 aromatic heterocycles. The maximum Gasteiger partial charge on any atom is 0.300 e. The monoisotopic (exact) mass is 308 g/mol. The van der Waals surface area contributed by atoms with Crippen LogP contribution in [0, 0.1) is 5.92 Å². The van der Waals surface area contributed by atoms with E-state index < -0.39 is 23.5 Å². The molecule has 118 valence electrons. The Balaban J connectivity index is 1.68. The molecule has 2 heterocycles. The Kier molecular flexibility index (Phi) is 3.72. The third-order valence-corrected chi connectivity index (χ3v) is 4.52. The molecule has 2 aliphatic rings. The van der Waals surface area contributed by atoms with Crippen LogP contribution in [-0.2, 0) is 4.79 Å². The summed E-state index contributed by atoms with van der Waals surface area (Å²) in [5.41, 5.74) is 1.03. The Labute approximate surface area is 127 Å². The van der Waals surface area contributed by atoms with Gasteiger partial charge in [0, 0.05) is 19.0 Å². The lowest BCUT2D eigenvalue weighted by atomic mass is 9.91. The molecule has 0 saturated carbocycles. The van der Waals surface area contributed by atoms with E-state index in [4.69, 9.17) is 0 Å². The predicted octanol–water partition coefficient (Wildman–Crippen LogP) is 2.54. The third kappa shape index (κ3) is 2.63. The maximum atomic E-state index is 13.3. The molecule has 1 aromatic rings. The smallest absolute Gasteiger partial charge is 0.291 e. The van der Waals surface area contributed by atoms with E-state index in [2.05, 4.69) is 0 Å². The molecule has 22 heavy (non-hydrogen) atoms. The first-order valence-electron chi connectivity index (χ1n) is 7.43. The van der Waals surface area contributed by atoms with Crippen molar-refractivity contribution in [2.75, 3.05) is 24.7 Å². The first-order valence-corrected chi connectivity index (χ1v) is 7.43. The van der Waals surface area contributed by atoms with E-state index >= 15 is 0 Å². The van der Waals surface area contributed by atoms with Gasteiger partial charge in [-0.05, 0) is 31.9 Å². The van der Waals surface area contributed by atoms with E-state index in [0.717, 1.165) is 6.92 Å². The second-order valence-electron chi connectivity index (χ2n) is 6.07. The minimum Gasteiger partial charge on any atom is -0.291 e. The number of carbonyl (C=O) groups is 2. The van der Waals surface area contributed by atoms with Gasteiger partial charge in [-0.25, -0.2) is 8.78 Å². The second kappa shape index (κ2) is 5.43. The van der Waals surface area contributed by atoms with Crippen LogP contribution in [0.25, 0.3) is 0 Å². The molecule has 6 heteroatoms. The zero-order chi connectivity index (χ0) is 15.9. The Hall–Kier alpha value is -1.82. The molecule has 0 aliphatic carbocycles. The van der Waals surface area contributed by atoms with Crippen LogP contribution >= 0.6 is 0 Å². The average Bonchev–Trinajstić information content (AvgIpc) is 2.73. The van der Waals surface area contributed by atoms with Gasteiger partial charge in [0.05, 0.1) is 17.9 Å². The summed E-state index contributed by atoms with van der Waals surface area (Å²) in [6.07, 6.45) is 0.808. The summed E-state index contributed by atoms with van der Waals surface area (Å²) >= 11 is 0. The van der Waals surface area contributed by atoms with Crippen molar-refractivity contribution in [1.82, 2.24) is 4.90 Å². The number of likely N-dealkylation sites (tertiary alicyclic amines) is 1. The van der Waals surface area contributed by atoms with Gasteiger partial charge in [0.15, 0.2) is 0 Å². The predicted molar refractivity (Wildman–Crippen MR) is 78.0 cm³/mol. The average molecular weight is 308 g/mol. The van der Waals surface area contributed by atoms with Crippen molar-refractivity contribution in [3.8, 4) is 0 Å². The number of anilines is 1. The number of nitrogens with zero attached hydrogens (tertiary/aromatic N) is 2. The topological polar surface area (TPSA) is 40.6 Å². The molecule has 1 aromatic carbocycles. The molecule has 1 amide bonds. The zero-order valence-corrected chi connectivity index (χ0v) is 12.4. The molecule has 0 spiro atoms. The van der Waals surface area contributed by atoms with Gasteiger partial charge in [0.1, 0.15) is 0 Å². The summed E-state index contributed by atoms with van der Waals surface area (Å²) in [6, 6.07) is 6.88. The Morgan fingerprint density at radius 3 is 2.45 bits per heavy atom. The highest BCUT2D eigenvalue weighted by molar-refractivity contribution is 6.52. The van der Waals surface area contributed by atoms with Crippen molar-refractivity contribution in [3.05, 3.63) is 29.8 Å². The number of fused-ring (bicyclic) bond motifs is 1. The second-order valence-corrected chi connectivity index (χ2v) is 6.07. The first-order chi connectivity index (χ1) is 10.4. The van der Waals surface area contributed by atoms with Crippen molar-refractivity contribution >= 4 is 17.4 Å².